The predicted octanol–water partition coefficient (Wildman–Crippen LogP) is 2.91. The molecule has 0 unspecified atom stereocenters. The van der Waals surface area contributed by atoms with Crippen molar-refractivity contribution < 1.29 is 22.9 Å². The van der Waals surface area contributed by atoms with Crippen LogP contribution in [0, 0.1) is 16.0 Å². The van der Waals surface area contributed by atoms with Crippen molar-refractivity contribution in [3.05, 3.63) is 58.1 Å². The number of ether oxygens (including phenoxy) is 1. The van der Waals surface area contributed by atoms with E-state index >= 15 is 0 Å². The number of nitrogens with zero attached hydrogens (tertiary/aromatic N) is 2. The lowest BCUT2D eigenvalue weighted by Gasteiger charge is -2.29. The molecule has 10 heteroatoms. The van der Waals surface area contributed by atoms with Gasteiger partial charge in [-0.15, -0.1) is 0 Å². The second-order valence-electron chi connectivity index (χ2n) is 6.94. The minimum absolute atomic E-state index is 0.0451. The molecule has 29 heavy (non-hydrogen) atoms. The van der Waals surface area contributed by atoms with E-state index < -0.39 is 26.5 Å². The van der Waals surface area contributed by atoms with Crippen molar-refractivity contribution in [2.45, 2.75) is 24.7 Å². The zero-order valence-corrected chi connectivity index (χ0v) is 16.6. The Kier molecular flexibility index (Phi) is 5.85. The number of amides is 1. The van der Waals surface area contributed by atoms with Gasteiger partial charge in [-0.05, 0) is 43.0 Å². The Hall–Kier alpha value is -2.98. The molecule has 9 nitrogen and oxygen atoms in total. The summed E-state index contributed by atoms with van der Waals surface area (Å²) in [4.78, 5) is 22.2. The van der Waals surface area contributed by atoms with E-state index in [0.717, 1.165) is 18.9 Å². The van der Waals surface area contributed by atoms with Gasteiger partial charge in [0.2, 0.25) is 15.8 Å². The summed E-state index contributed by atoms with van der Waals surface area (Å²) in [6.45, 7) is 2.81. The maximum atomic E-state index is 12.9. The Morgan fingerprint density at radius 3 is 2.45 bits per heavy atom. The summed E-state index contributed by atoms with van der Waals surface area (Å²) in [7, 11) is -3.85. The molecule has 0 spiro atoms. The van der Waals surface area contributed by atoms with E-state index in [2.05, 4.69) is 6.92 Å². The van der Waals surface area contributed by atoms with Crippen LogP contribution in [0.25, 0.3) is 0 Å². The van der Waals surface area contributed by atoms with Crippen LogP contribution in [0.4, 0.5) is 5.69 Å². The lowest BCUT2D eigenvalue weighted by atomic mass is 10.0. The first-order valence-corrected chi connectivity index (χ1v) is 10.5. The van der Waals surface area contributed by atoms with E-state index in [-0.39, 0.29) is 22.0 Å². The molecule has 3 rings (SSSR count). The van der Waals surface area contributed by atoms with Gasteiger partial charge in [-0.1, -0.05) is 19.1 Å². The third-order valence-corrected chi connectivity index (χ3v) is 6.77. The zero-order chi connectivity index (χ0) is 21.2. The van der Waals surface area contributed by atoms with Crippen LogP contribution < -0.4 is 10.5 Å². The van der Waals surface area contributed by atoms with Gasteiger partial charge in [-0.25, -0.2) is 8.42 Å². The number of benzene rings is 2. The minimum atomic E-state index is -3.85. The molecule has 1 fully saturated rings. The quantitative estimate of drug-likeness (QED) is 0.565. The molecule has 154 valence electrons. The Labute approximate surface area is 168 Å². The maximum absolute atomic E-state index is 12.9. The molecule has 0 aliphatic carbocycles. The molecule has 1 aliphatic heterocycles. The molecule has 0 bridgehead atoms. The predicted molar refractivity (Wildman–Crippen MR) is 105 cm³/mol. The average Bonchev–Trinajstić information content (AvgIpc) is 2.68. The highest BCUT2D eigenvalue weighted by Gasteiger charge is 2.30. The van der Waals surface area contributed by atoms with Crippen LogP contribution in [0.3, 0.4) is 0 Å². The number of carbonyl (C=O) groups is 1. The van der Waals surface area contributed by atoms with Gasteiger partial charge >= 0.3 is 5.69 Å². The molecule has 2 N–H and O–H groups in total. The number of hydrogen-bond donors (Lipinski definition) is 1. The number of piperidine rings is 1. The molecule has 1 amide bonds. The van der Waals surface area contributed by atoms with Crippen molar-refractivity contribution in [1.82, 2.24) is 4.31 Å². The summed E-state index contributed by atoms with van der Waals surface area (Å²) in [5.74, 6) is -0.447. The number of para-hydroxylation sites is 1. The third-order valence-electron chi connectivity index (χ3n) is 4.88. The SMILES string of the molecule is CC1CCN(S(=O)(=O)c2ccc(Oc3ccccc3C(N)=O)c([N+](=O)[O-])c2)CC1. The fourth-order valence-electron chi connectivity index (χ4n) is 3.14. The van der Waals surface area contributed by atoms with Gasteiger partial charge < -0.3 is 10.5 Å². The average molecular weight is 419 g/mol. The van der Waals surface area contributed by atoms with E-state index in [0.29, 0.717) is 19.0 Å². The molecule has 0 atom stereocenters. The Morgan fingerprint density at radius 2 is 1.83 bits per heavy atom. The highest BCUT2D eigenvalue weighted by molar-refractivity contribution is 7.89. The molecule has 0 saturated carbocycles. The summed E-state index contributed by atoms with van der Waals surface area (Å²) >= 11 is 0. The number of nitro groups is 1. The second kappa shape index (κ2) is 8.18. The Balaban J connectivity index is 1.96. The van der Waals surface area contributed by atoms with Crippen LogP contribution in [0.15, 0.2) is 47.4 Å². The van der Waals surface area contributed by atoms with Crippen molar-refractivity contribution in [3.63, 3.8) is 0 Å². The molecule has 2 aromatic rings. The molecule has 0 aromatic heterocycles. The molecule has 2 aromatic carbocycles. The third kappa shape index (κ3) is 4.38. The van der Waals surface area contributed by atoms with Crippen LogP contribution >= 0.6 is 0 Å². The first kappa shape index (κ1) is 20.7. The van der Waals surface area contributed by atoms with Crippen molar-refractivity contribution in [1.29, 1.82) is 0 Å². The first-order chi connectivity index (χ1) is 13.7. The minimum Gasteiger partial charge on any atom is -0.449 e. The number of sulfonamides is 1. The lowest BCUT2D eigenvalue weighted by molar-refractivity contribution is -0.385. The van der Waals surface area contributed by atoms with Crippen molar-refractivity contribution in [2.24, 2.45) is 11.7 Å². The molecule has 1 aliphatic rings. The molecular formula is C19H21N3O6S. The van der Waals surface area contributed by atoms with E-state index in [1.165, 1.54) is 28.6 Å². The summed E-state index contributed by atoms with van der Waals surface area (Å²) in [6, 6.07) is 9.51. The summed E-state index contributed by atoms with van der Waals surface area (Å²) in [5.41, 5.74) is 4.84. The first-order valence-electron chi connectivity index (χ1n) is 9.05. The van der Waals surface area contributed by atoms with Gasteiger partial charge in [0.15, 0.2) is 0 Å². The monoisotopic (exact) mass is 419 g/mol. The van der Waals surface area contributed by atoms with Crippen LogP contribution in [0.1, 0.15) is 30.1 Å². The Bertz CT molecular complexity index is 1050. The fourth-order valence-corrected chi connectivity index (χ4v) is 4.63. The fraction of sp³-hybridized carbons (Fsp3) is 0.316. The lowest BCUT2D eigenvalue weighted by Crippen LogP contribution is -2.37. The molecule has 1 saturated heterocycles. The van der Waals surface area contributed by atoms with Crippen LogP contribution in [0.2, 0.25) is 0 Å². The topological polar surface area (TPSA) is 133 Å². The van der Waals surface area contributed by atoms with Crippen LogP contribution in [-0.4, -0.2) is 36.6 Å². The second-order valence-corrected chi connectivity index (χ2v) is 8.87. The van der Waals surface area contributed by atoms with Gasteiger partial charge in [0.25, 0.3) is 5.91 Å². The normalized spacial score (nSPS) is 15.8. The highest BCUT2D eigenvalue weighted by Crippen LogP contribution is 2.35. The summed E-state index contributed by atoms with van der Waals surface area (Å²) < 4.78 is 32.6. The zero-order valence-electron chi connectivity index (χ0n) is 15.8. The summed E-state index contributed by atoms with van der Waals surface area (Å²) in [5, 5.41) is 11.6. The van der Waals surface area contributed by atoms with E-state index in [9.17, 15) is 23.3 Å². The van der Waals surface area contributed by atoms with Gasteiger partial charge in [0.1, 0.15) is 5.75 Å². The number of nitrogens with two attached hydrogens (primary N) is 1. The highest BCUT2D eigenvalue weighted by atomic mass is 32.2. The number of nitro benzene ring substituents is 1. The Morgan fingerprint density at radius 1 is 1.17 bits per heavy atom. The van der Waals surface area contributed by atoms with Gasteiger partial charge in [0, 0.05) is 19.2 Å². The van der Waals surface area contributed by atoms with E-state index in [1.54, 1.807) is 12.1 Å². The number of carbonyl (C=O) groups excluding carboxylic acids is 1. The number of primary amides is 1. The standard InChI is InChI=1S/C19H21N3O6S/c1-13-8-10-21(11-9-13)29(26,27)14-6-7-18(16(12-14)22(24)25)28-17-5-3-2-4-15(17)19(20)23/h2-7,12-13H,8-11H2,1H3,(H2,20,23). The van der Waals surface area contributed by atoms with Crippen LogP contribution in [0.5, 0.6) is 11.5 Å². The maximum Gasteiger partial charge on any atom is 0.312 e. The van der Waals surface area contributed by atoms with Crippen molar-refractivity contribution in [2.75, 3.05) is 13.1 Å². The molecule has 1 heterocycles. The van der Waals surface area contributed by atoms with Crippen molar-refractivity contribution >= 4 is 21.6 Å². The van der Waals surface area contributed by atoms with Crippen LogP contribution in [-0.2, 0) is 10.0 Å². The number of rotatable bonds is 6. The molecular weight excluding hydrogens is 398 g/mol. The smallest absolute Gasteiger partial charge is 0.312 e. The van der Waals surface area contributed by atoms with Gasteiger partial charge in [-0.2, -0.15) is 4.31 Å². The van der Waals surface area contributed by atoms with Gasteiger partial charge in [-0.3, -0.25) is 14.9 Å². The van der Waals surface area contributed by atoms with Gasteiger partial charge in [0.05, 0.1) is 15.4 Å². The van der Waals surface area contributed by atoms with E-state index in [4.69, 9.17) is 10.5 Å². The number of hydrogen-bond acceptors (Lipinski definition) is 6. The summed E-state index contributed by atoms with van der Waals surface area (Å²) in [6.07, 6.45) is 1.48. The largest absolute Gasteiger partial charge is 0.449 e. The van der Waals surface area contributed by atoms with E-state index in [1.807, 2.05) is 0 Å². The molecule has 0 radical (unpaired) electrons. The van der Waals surface area contributed by atoms with Crippen molar-refractivity contribution in [3.8, 4) is 11.5 Å².